The summed E-state index contributed by atoms with van der Waals surface area (Å²) >= 11 is 2.01. The average molecular weight is 508 g/mol. The highest BCUT2D eigenvalue weighted by molar-refractivity contribution is 7.98. The van der Waals surface area contributed by atoms with Crippen LogP contribution in [0.1, 0.15) is 31.2 Å². The highest BCUT2D eigenvalue weighted by atomic mass is 32.2. The van der Waals surface area contributed by atoms with Crippen molar-refractivity contribution in [2.45, 2.75) is 17.1 Å². The molecule has 0 spiro atoms. The standard InChI is InChI=1S/C23H16F3NO5S2/c1-31-17-6-5-15(25)20(26)13(17)10-33-12-3-4-14(24)16(8-12)27-18(28)7-11-9-34-21(23(30)32-2)19(11)22(27)29/h3-6,8-9H,7,10H2,1-2H3. The molecule has 0 aliphatic carbocycles. The Hall–Kier alpha value is -3.31. The smallest absolute Gasteiger partial charge is 0.348 e. The number of hydrogen-bond donors (Lipinski definition) is 0. The second-order valence-corrected chi connectivity index (χ2v) is 9.04. The van der Waals surface area contributed by atoms with E-state index in [1.807, 2.05) is 0 Å². The largest absolute Gasteiger partial charge is 0.496 e. The summed E-state index contributed by atoms with van der Waals surface area (Å²) < 4.78 is 52.5. The molecule has 0 bridgehead atoms. The molecule has 176 valence electrons. The number of amides is 2. The van der Waals surface area contributed by atoms with Crippen LogP contribution in [0.15, 0.2) is 40.6 Å². The van der Waals surface area contributed by atoms with Crippen LogP contribution in [0.4, 0.5) is 18.9 Å². The average Bonchev–Trinajstić information content (AvgIpc) is 3.25. The van der Waals surface area contributed by atoms with Gasteiger partial charge in [0.1, 0.15) is 16.4 Å². The molecule has 0 radical (unpaired) electrons. The van der Waals surface area contributed by atoms with E-state index >= 15 is 0 Å². The molecule has 1 aliphatic rings. The molecule has 11 heteroatoms. The van der Waals surface area contributed by atoms with Gasteiger partial charge in [-0.05, 0) is 41.3 Å². The van der Waals surface area contributed by atoms with Gasteiger partial charge >= 0.3 is 5.97 Å². The number of ether oxygens (including phenoxy) is 2. The zero-order valence-corrected chi connectivity index (χ0v) is 19.5. The lowest BCUT2D eigenvalue weighted by Crippen LogP contribution is -2.43. The Bertz CT molecular complexity index is 1320. The van der Waals surface area contributed by atoms with Crippen molar-refractivity contribution in [2.75, 3.05) is 19.1 Å². The fourth-order valence-electron chi connectivity index (χ4n) is 3.52. The van der Waals surface area contributed by atoms with E-state index in [9.17, 15) is 27.6 Å². The van der Waals surface area contributed by atoms with Gasteiger partial charge in [0, 0.05) is 16.2 Å². The summed E-state index contributed by atoms with van der Waals surface area (Å²) in [6.45, 7) is 0. The van der Waals surface area contributed by atoms with Crippen LogP contribution in [0.2, 0.25) is 0 Å². The van der Waals surface area contributed by atoms with E-state index in [-0.39, 0.29) is 39.6 Å². The molecule has 0 unspecified atom stereocenters. The molecular formula is C23H16F3NO5S2. The number of thiophene rings is 1. The van der Waals surface area contributed by atoms with Gasteiger partial charge in [-0.1, -0.05) is 0 Å². The minimum atomic E-state index is -1.06. The predicted octanol–water partition coefficient (Wildman–Crippen LogP) is 4.98. The van der Waals surface area contributed by atoms with E-state index in [4.69, 9.17) is 9.47 Å². The number of nitrogens with zero attached hydrogens (tertiary/aromatic N) is 1. The summed E-state index contributed by atoms with van der Waals surface area (Å²) in [5.41, 5.74) is 0.0465. The number of fused-ring (bicyclic) bond motifs is 1. The molecular weight excluding hydrogens is 491 g/mol. The predicted molar refractivity (Wildman–Crippen MR) is 120 cm³/mol. The fraction of sp³-hybridized carbons (Fsp3) is 0.174. The Morgan fingerprint density at radius 1 is 1.12 bits per heavy atom. The first-order chi connectivity index (χ1) is 16.3. The normalized spacial score (nSPS) is 13.1. The van der Waals surface area contributed by atoms with Crippen molar-refractivity contribution in [3.63, 3.8) is 0 Å². The first-order valence-corrected chi connectivity index (χ1v) is 11.6. The van der Waals surface area contributed by atoms with Gasteiger partial charge < -0.3 is 9.47 Å². The van der Waals surface area contributed by atoms with Gasteiger partial charge in [0.05, 0.1) is 31.9 Å². The Balaban J connectivity index is 1.66. The van der Waals surface area contributed by atoms with Gasteiger partial charge in [-0.3, -0.25) is 9.59 Å². The molecule has 0 atom stereocenters. The van der Waals surface area contributed by atoms with Crippen molar-refractivity contribution >= 4 is 46.6 Å². The van der Waals surface area contributed by atoms with Gasteiger partial charge in [0.15, 0.2) is 11.6 Å². The van der Waals surface area contributed by atoms with Crippen molar-refractivity contribution in [3.8, 4) is 5.75 Å². The van der Waals surface area contributed by atoms with Crippen LogP contribution in [0.5, 0.6) is 5.75 Å². The highest BCUT2D eigenvalue weighted by Gasteiger charge is 2.38. The minimum Gasteiger partial charge on any atom is -0.496 e. The molecule has 3 aromatic rings. The topological polar surface area (TPSA) is 72.9 Å². The third-order valence-electron chi connectivity index (χ3n) is 5.16. The molecule has 1 aliphatic heterocycles. The summed E-state index contributed by atoms with van der Waals surface area (Å²) in [6.07, 6.45) is -0.197. The zero-order chi connectivity index (χ0) is 24.6. The van der Waals surface area contributed by atoms with Crippen molar-refractivity contribution < 1.29 is 37.0 Å². The monoisotopic (exact) mass is 507 g/mol. The minimum absolute atomic E-state index is 0.000439. The van der Waals surface area contributed by atoms with Gasteiger partial charge in [-0.15, -0.1) is 23.1 Å². The molecule has 0 saturated heterocycles. The SMILES string of the molecule is COC(=O)c1scc2c1C(=O)N(c1cc(SCc3c(OC)ccc(F)c3F)ccc1F)C(=O)C2. The van der Waals surface area contributed by atoms with Crippen LogP contribution in [0, 0.1) is 17.5 Å². The highest BCUT2D eigenvalue weighted by Crippen LogP contribution is 2.36. The number of methoxy groups -OCH3 is 2. The Morgan fingerprint density at radius 2 is 1.85 bits per heavy atom. The third-order valence-corrected chi connectivity index (χ3v) is 7.19. The zero-order valence-electron chi connectivity index (χ0n) is 17.8. The van der Waals surface area contributed by atoms with E-state index < -0.39 is 35.2 Å². The second kappa shape index (κ2) is 9.51. The number of esters is 1. The number of rotatable bonds is 6. The van der Waals surface area contributed by atoms with Crippen molar-refractivity contribution in [1.82, 2.24) is 0 Å². The molecule has 2 heterocycles. The number of imide groups is 1. The third kappa shape index (κ3) is 4.16. The molecule has 0 fully saturated rings. The maximum atomic E-state index is 14.8. The van der Waals surface area contributed by atoms with Gasteiger partial charge in [-0.25, -0.2) is 22.9 Å². The number of carbonyl (C=O) groups excluding carboxylic acids is 3. The molecule has 0 saturated carbocycles. The summed E-state index contributed by atoms with van der Waals surface area (Å²) in [6, 6.07) is 5.98. The molecule has 6 nitrogen and oxygen atoms in total. The van der Waals surface area contributed by atoms with Gasteiger partial charge in [0.2, 0.25) is 5.91 Å². The van der Waals surface area contributed by atoms with E-state index in [0.29, 0.717) is 15.4 Å². The van der Waals surface area contributed by atoms with Gasteiger partial charge in [0.25, 0.3) is 5.91 Å². The molecule has 34 heavy (non-hydrogen) atoms. The van der Waals surface area contributed by atoms with E-state index in [1.165, 1.54) is 37.8 Å². The number of thioether (sulfide) groups is 1. The Labute approximate surface area is 200 Å². The summed E-state index contributed by atoms with van der Waals surface area (Å²) in [7, 11) is 2.49. The maximum absolute atomic E-state index is 14.8. The number of anilines is 1. The fourth-order valence-corrected chi connectivity index (χ4v) is 5.44. The summed E-state index contributed by atoms with van der Waals surface area (Å²) in [5.74, 6) is -5.07. The molecule has 2 aromatic carbocycles. The molecule has 2 amide bonds. The van der Waals surface area contributed by atoms with Crippen molar-refractivity contribution in [1.29, 1.82) is 0 Å². The quantitative estimate of drug-likeness (QED) is 0.266. The van der Waals surface area contributed by atoms with Crippen LogP contribution in [-0.2, 0) is 21.7 Å². The first-order valence-electron chi connectivity index (χ1n) is 9.76. The number of halogens is 3. The molecule has 4 rings (SSSR count). The van der Waals surface area contributed by atoms with Crippen molar-refractivity contribution in [3.05, 3.63) is 74.7 Å². The lowest BCUT2D eigenvalue weighted by molar-refractivity contribution is -0.117. The van der Waals surface area contributed by atoms with Crippen LogP contribution < -0.4 is 9.64 Å². The Morgan fingerprint density at radius 3 is 2.56 bits per heavy atom. The van der Waals surface area contributed by atoms with Crippen LogP contribution in [0.25, 0.3) is 0 Å². The van der Waals surface area contributed by atoms with Gasteiger partial charge in [-0.2, -0.15) is 0 Å². The summed E-state index contributed by atoms with van der Waals surface area (Å²) in [5, 5.41) is 1.53. The lowest BCUT2D eigenvalue weighted by atomic mass is 10.0. The second-order valence-electron chi connectivity index (χ2n) is 7.11. The van der Waals surface area contributed by atoms with Crippen molar-refractivity contribution in [2.24, 2.45) is 0 Å². The van der Waals surface area contributed by atoms with Crippen LogP contribution >= 0.6 is 23.1 Å². The first kappa shape index (κ1) is 23.8. The van der Waals surface area contributed by atoms with Crippen LogP contribution in [0.3, 0.4) is 0 Å². The lowest BCUT2D eigenvalue weighted by Gasteiger charge is -2.26. The van der Waals surface area contributed by atoms with E-state index in [2.05, 4.69) is 0 Å². The maximum Gasteiger partial charge on any atom is 0.348 e. The number of hydrogen-bond acceptors (Lipinski definition) is 7. The number of carbonyl (C=O) groups is 3. The molecule has 1 aromatic heterocycles. The number of benzene rings is 2. The summed E-state index contributed by atoms with van der Waals surface area (Å²) in [4.78, 5) is 39.1. The van der Waals surface area contributed by atoms with E-state index in [0.717, 1.165) is 35.2 Å². The molecule has 0 N–H and O–H groups in total. The van der Waals surface area contributed by atoms with E-state index in [1.54, 1.807) is 0 Å². The Kier molecular flexibility index (Phi) is 6.67. The van der Waals surface area contributed by atoms with Crippen LogP contribution in [-0.4, -0.2) is 32.0 Å².